The second-order valence-electron chi connectivity index (χ2n) is 8.98. The lowest BCUT2D eigenvalue weighted by Gasteiger charge is -2.12. The number of benzene rings is 2. The van der Waals surface area contributed by atoms with Crippen LogP contribution in [0, 0.1) is 17.6 Å². The number of rotatable bonds is 13. The number of halogens is 2. The van der Waals surface area contributed by atoms with Crippen molar-refractivity contribution in [3.8, 4) is 17.0 Å². The number of aromatic nitrogens is 1. The normalized spacial score (nSPS) is 13.3. The molecular weight excluding hydrogens is 530 g/mol. The lowest BCUT2D eigenvalue weighted by molar-refractivity contribution is -0.135. The average molecular weight is 559 g/mol. The first kappa shape index (κ1) is 28.2. The zero-order chi connectivity index (χ0) is 27.9. The van der Waals surface area contributed by atoms with Gasteiger partial charge in [0.1, 0.15) is 17.4 Å². The van der Waals surface area contributed by atoms with E-state index in [-0.39, 0.29) is 10.7 Å². The molecule has 4 rings (SSSR count). The fraction of sp³-hybridized carbons (Fsp3) is 0.321. The van der Waals surface area contributed by atoms with Crippen LogP contribution in [0.25, 0.3) is 17.3 Å². The molecule has 8 nitrogen and oxygen atoms in total. The summed E-state index contributed by atoms with van der Waals surface area (Å²) < 4.78 is 45.1. The third-order valence-corrected chi connectivity index (χ3v) is 6.89. The number of aliphatic carboxylic acids is 1. The van der Waals surface area contributed by atoms with Crippen molar-refractivity contribution in [1.29, 1.82) is 0 Å². The van der Waals surface area contributed by atoms with E-state index in [0.717, 1.165) is 67.1 Å². The second-order valence-corrected chi connectivity index (χ2v) is 9.84. The second kappa shape index (κ2) is 12.8. The molecule has 206 valence electrons. The Hall–Kier alpha value is -3.83. The first-order valence-corrected chi connectivity index (χ1v) is 13.2. The standard InChI is InChI=1S/C28H28F2N2O6S/c1-36-24(27(34)35)13-20-21(29)11-18(12-22(20)30)26(33)32-28-31-23(15-39-28)19-7-3-5-17(25(19)37-2)6-4-10-38-14-16-8-9-16/h3,5,7,11-13,15-16H,4,6,8-10,14H2,1-2H3,(H,34,35)(H,31,32,33). The summed E-state index contributed by atoms with van der Waals surface area (Å²) in [6, 6.07) is 7.40. The third kappa shape index (κ3) is 7.18. The largest absolute Gasteiger partial charge is 0.496 e. The molecule has 1 heterocycles. The molecule has 0 radical (unpaired) electrons. The Balaban J connectivity index is 1.45. The maximum Gasteiger partial charge on any atom is 0.371 e. The monoisotopic (exact) mass is 558 g/mol. The van der Waals surface area contributed by atoms with Crippen molar-refractivity contribution in [2.24, 2.45) is 5.92 Å². The van der Waals surface area contributed by atoms with E-state index in [0.29, 0.717) is 24.1 Å². The molecule has 0 unspecified atom stereocenters. The van der Waals surface area contributed by atoms with Gasteiger partial charge in [-0.1, -0.05) is 12.1 Å². The molecule has 11 heteroatoms. The van der Waals surface area contributed by atoms with Crippen molar-refractivity contribution in [1.82, 2.24) is 4.98 Å². The minimum Gasteiger partial charge on any atom is -0.496 e. The molecule has 0 bridgehead atoms. The number of hydrogen-bond acceptors (Lipinski definition) is 7. The highest BCUT2D eigenvalue weighted by Gasteiger charge is 2.21. The van der Waals surface area contributed by atoms with Gasteiger partial charge in [-0.25, -0.2) is 18.6 Å². The van der Waals surface area contributed by atoms with Gasteiger partial charge in [-0.3, -0.25) is 10.1 Å². The van der Waals surface area contributed by atoms with Crippen LogP contribution in [-0.4, -0.2) is 49.4 Å². The summed E-state index contributed by atoms with van der Waals surface area (Å²) >= 11 is 1.15. The maximum absolute atomic E-state index is 14.5. The summed E-state index contributed by atoms with van der Waals surface area (Å²) in [4.78, 5) is 28.2. The van der Waals surface area contributed by atoms with E-state index in [1.54, 1.807) is 12.5 Å². The van der Waals surface area contributed by atoms with Crippen molar-refractivity contribution in [2.45, 2.75) is 25.7 Å². The number of nitrogens with zero attached hydrogens (tertiary/aromatic N) is 1. The molecule has 2 aromatic carbocycles. The topological polar surface area (TPSA) is 107 Å². The van der Waals surface area contributed by atoms with E-state index in [4.69, 9.17) is 14.6 Å². The molecule has 0 aliphatic heterocycles. The number of carbonyl (C=O) groups excluding carboxylic acids is 1. The maximum atomic E-state index is 14.5. The molecule has 1 aliphatic carbocycles. The molecule has 1 amide bonds. The Morgan fingerprint density at radius 1 is 1.21 bits per heavy atom. The Kier molecular flexibility index (Phi) is 9.26. The third-order valence-electron chi connectivity index (χ3n) is 6.13. The van der Waals surface area contributed by atoms with Gasteiger partial charge in [-0.15, -0.1) is 11.3 Å². The molecule has 39 heavy (non-hydrogen) atoms. The fourth-order valence-electron chi connectivity index (χ4n) is 3.94. The number of aryl methyl sites for hydroxylation is 1. The minimum absolute atomic E-state index is 0.230. The number of thiazole rings is 1. The predicted molar refractivity (Wildman–Crippen MR) is 143 cm³/mol. The number of carboxylic acid groups (broad SMARTS) is 1. The van der Waals surface area contributed by atoms with Gasteiger partial charge >= 0.3 is 5.97 Å². The Bertz CT molecular complexity index is 1360. The van der Waals surface area contributed by atoms with Crippen LogP contribution in [0.1, 0.15) is 40.7 Å². The number of para-hydroxylation sites is 1. The van der Waals surface area contributed by atoms with Crippen LogP contribution in [0.15, 0.2) is 41.5 Å². The smallest absolute Gasteiger partial charge is 0.371 e. The van der Waals surface area contributed by atoms with E-state index >= 15 is 0 Å². The zero-order valence-electron chi connectivity index (χ0n) is 21.5. The Labute approximate surface area is 228 Å². The van der Waals surface area contributed by atoms with Gasteiger partial charge in [0.2, 0.25) is 5.76 Å². The van der Waals surface area contributed by atoms with Gasteiger partial charge in [0.05, 0.1) is 19.9 Å². The number of anilines is 1. The molecule has 1 aromatic heterocycles. The SMILES string of the molecule is COC(=Cc1c(F)cc(C(=O)Nc2nc(-c3cccc(CCCOCC4CC4)c3OC)cs2)cc1F)C(=O)O. The fourth-order valence-corrected chi connectivity index (χ4v) is 4.65. The average Bonchev–Trinajstić information content (AvgIpc) is 3.63. The number of carbonyl (C=O) groups is 2. The van der Waals surface area contributed by atoms with E-state index in [1.807, 2.05) is 18.2 Å². The van der Waals surface area contributed by atoms with Gasteiger partial charge in [0.25, 0.3) is 5.91 Å². The van der Waals surface area contributed by atoms with Crippen LogP contribution in [0.2, 0.25) is 0 Å². The van der Waals surface area contributed by atoms with E-state index in [1.165, 1.54) is 12.8 Å². The number of hydrogen-bond donors (Lipinski definition) is 2. The first-order valence-electron chi connectivity index (χ1n) is 12.3. The van der Waals surface area contributed by atoms with Crippen LogP contribution in [-0.2, 0) is 20.7 Å². The number of methoxy groups -OCH3 is 2. The number of carboxylic acids is 1. The van der Waals surface area contributed by atoms with Gasteiger partial charge in [0, 0.05) is 41.4 Å². The lowest BCUT2D eigenvalue weighted by Crippen LogP contribution is -2.13. The molecule has 0 saturated heterocycles. The van der Waals surface area contributed by atoms with Crippen molar-refractivity contribution in [2.75, 3.05) is 32.8 Å². The Morgan fingerprint density at radius 3 is 2.59 bits per heavy atom. The number of ether oxygens (including phenoxy) is 3. The quantitative estimate of drug-likeness (QED) is 0.156. The van der Waals surface area contributed by atoms with Crippen LogP contribution < -0.4 is 10.1 Å². The molecule has 1 saturated carbocycles. The highest BCUT2D eigenvalue weighted by molar-refractivity contribution is 7.14. The highest BCUT2D eigenvalue weighted by Crippen LogP contribution is 2.35. The highest BCUT2D eigenvalue weighted by atomic mass is 32.1. The summed E-state index contributed by atoms with van der Waals surface area (Å²) in [5.74, 6) is -3.73. The van der Waals surface area contributed by atoms with E-state index in [2.05, 4.69) is 15.0 Å². The van der Waals surface area contributed by atoms with Crippen LogP contribution in [0.3, 0.4) is 0 Å². The van der Waals surface area contributed by atoms with Crippen molar-refractivity contribution in [3.63, 3.8) is 0 Å². The van der Waals surface area contributed by atoms with Crippen molar-refractivity contribution >= 4 is 34.4 Å². The minimum atomic E-state index is -1.49. The van der Waals surface area contributed by atoms with Crippen molar-refractivity contribution < 1.29 is 37.7 Å². The number of amides is 1. The number of nitrogens with one attached hydrogen (secondary N) is 1. The van der Waals surface area contributed by atoms with Crippen LogP contribution in [0.5, 0.6) is 5.75 Å². The summed E-state index contributed by atoms with van der Waals surface area (Å²) in [5, 5.41) is 13.5. The molecule has 2 N–H and O–H groups in total. The summed E-state index contributed by atoms with van der Waals surface area (Å²) in [5.41, 5.74) is 1.42. The van der Waals surface area contributed by atoms with Gasteiger partial charge in [0.15, 0.2) is 5.13 Å². The van der Waals surface area contributed by atoms with E-state index in [9.17, 15) is 18.4 Å². The summed E-state index contributed by atoms with van der Waals surface area (Å²) in [7, 11) is 2.66. The molecule has 0 atom stereocenters. The first-order chi connectivity index (χ1) is 18.8. The predicted octanol–water partition coefficient (Wildman–Crippen LogP) is 5.78. The molecular formula is C28H28F2N2O6S. The van der Waals surface area contributed by atoms with E-state index < -0.39 is 34.8 Å². The molecule has 3 aromatic rings. The molecule has 1 aliphatic rings. The van der Waals surface area contributed by atoms with Gasteiger partial charge in [-0.2, -0.15) is 0 Å². The molecule has 1 fully saturated rings. The van der Waals surface area contributed by atoms with Gasteiger partial charge < -0.3 is 19.3 Å². The summed E-state index contributed by atoms with van der Waals surface area (Å²) in [6.45, 7) is 1.51. The van der Waals surface area contributed by atoms with Gasteiger partial charge in [-0.05, 0) is 55.4 Å². The van der Waals surface area contributed by atoms with Crippen LogP contribution >= 0.6 is 11.3 Å². The zero-order valence-corrected chi connectivity index (χ0v) is 22.3. The van der Waals surface area contributed by atoms with Crippen molar-refractivity contribution in [3.05, 3.63) is 69.8 Å². The molecule has 0 spiro atoms. The van der Waals surface area contributed by atoms with Crippen LogP contribution in [0.4, 0.5) is 13.9 Å². The Morgan fingerprint density at radius 2 is 1.95 bits per heavy atom. The lowest BCUT2D eigenvalue weighted by atomic mass is 10.0. The summed E-state index contributed by atoms with van der Waals surface area (Å²) in [6.07, 6.45) is 4.86.